The number of anilines is 2. The largest absolute Gasteiger partial charge is 0.363 e. The minimum Gasteiger partial charge on any atom is -0.363 e. The Balaban J connectivity index is 1.29. The maximum atomic E-state index is 4.83. The van der Waals surface area contributed by atoms with Gasteiger partial charge >= 0.3 is 0 Å². The summed E-state index contributed by atoms with van der Waals surface area (Å²) in [5.74, 6) is 2.02. The highest BCUT2D eigenvalue weighted by molar-refractivity contribution is 7.14. The summed E-state index contributed by atoms with van der Waals surface area (Å²) in [6, 6.07) is 9.17. The van der Waals surface area contributed by atoms with Crippen molar-refractivity contribution in [3.8, 4) is 0 Å². The maximum Gasteiger partial charge on any atom is 0.191 e. The van der Waals surface area contributed by atoms with Crippen LogP contribution in [-0.2, 0) is 6.54 Å². The smallest absolute Gasteiger partial charge is 0.191 e. The van der Waals surface area contributed by atoms with Crippen LogP contribution in [0, 0.1) is 0 Å². The standard InChI is InChI=1S/C24H36N6S/c1-2-25-24(28-21-11-15-30(16-12-21)23-8-7-17-31-23)27-19-20-9-10-22(26-18-20)29-13-5-3-4-6-14-29/h7-10,17-18,21H,2-6,11-16,19H2,1H3,(H2,25,27,28). The highest BCUT2D eigenvalue weighted by Gasteiger charge is 2.20. The van der Waals surface area contributed by atoms with E-state index in [1.165, 1.54) is 30.7 Å². The number of nitrogens with one attached hydrogen (secondary N) is 2. The van der Waals surface area contributed by atoms with Gasteiger partial charge in [-0.3, -0.25) is 0 Å². The van der Waals surface area contributed by atoms with E-state index in [1.54, 1.807) is 0 Å². The van der Waals surface area contributed by atoms with Crippen molar-refractivity contribution < 1.29 is 0 Å². The lowest BCUT2D eigenvalue weighted by molar-refractivity contribution is 0.463. The molecule has 0 bridgehead atoms. The van der Waals surface area contributed by atoms with E-state index in [1.807, 2.05) is 17.5 Å². The van der Waals surface area contributed by atoms with Crippen molar-refractivity contribution >= 4 is 28.1 Å². The van der Waals surface area contributed by atoms with E-state index in [2.05, 4.69) is 57.0 Å². The molecule has 0 atom stereocenters. The van der Waals surface area contributed by atoms with Gasteiger partial charge in [-0.15, -0.1) is 11.3 Å². The van der Waals surface area contributed by atoms with Gasteiger partial charge in [0.1, 0.15) is 5.82 Å². The summed E-state index contributed by atoms with van der Waals surface area (Å²) in [5.41, 5.74) is 1.16. The maximum absolute atomic E-state index is 4.83. The Hall–Kier alpha value is -2.28. The molecular formula is C24H36N6S. The fourth-order valence-corrected chi connectivity index (χ4v) is 5.16. The van der Waals surface area contributed by atoms with Crippen molar-refractivity contribution in [2.75, 3.05) is 42.5 Å². The topological polar surface area (TPSA) is 55.8 Å². The van der Waals surface area contributed by atoms with Gasteiger partial charge < -0.3 is 20.4 Å². The number of pyridine rings is 1. The van der Waals surface area contributed by atoms with E-state index in [9.17, 15) is 0 Å². The Morgan fingerprint density at radius 1 is 1.06 bits per heavy atom. The molecule has 7 heteroatoms. The fourth-order valence-electron chi connectivity index (χ4n) is 4.37. The predicted octanol–water partition coefficient (Wildman–Crippen LogP) is 4.25. The van der Waals surface area contributed by atoms with Gasteiger partial charge in [0.2, 0.25) is 0 Å². The zero-order chi connectivity index (χ0) is 21.3. The van der Waals surface area contributed by atoms with Gasteiger partial charge in [0.15, 0.2) is 5.96 Å². The third-order valence-electron chi connectivity index (χ3n) is 6.16. The third kappa shape index (κ3) is 6.35. The molecule has 0 aromatic carbocycles. The Bertz CT molecular complexity index is 788. The van der Waals surface area contributed by atoms with Crippen LogP contribution in [0.4, 0.5) is 10.8 Å². The fraction of sp³-hybridized carbons (Fsp3) is 0.583. The minimum absolute atomic E-state index is 0.470. The lowest BCUT2D eigenvalue weighted by Gasteiger charge is -2.33. The summed E-state index contributed by atoms with van der Waals surface area (Å²) < 4.78 is 0. The first-order valence-electron chi connectivity index (χ1n) is 11.8. The van der Waals surface area contributed by atoms with Crippen LogP contribution in [0.2, 0.25) is 0 Å². The molecule has 2 saturated heterocycles. The molecule has 0 unspecified atom stereocenters. The molecule has 0 amide bonds. The van der Waals surface area contributed by atoms with Gasteiger partial charge in [0.05, 0.1) is 11.5 Å². The third-order valence-corrected chi connectivity index (χ3v) is 7.09. The predicted molar refractivity (Wildman–Crippen MR) is 132 cm³/mol. The molecule has 2 fully saturated rings. The van der Waals surface area contributed by atoms with E-state index in [4.69, 9.17) is 9.98 Å². The molecule has 31 heavy (non-hydrogen) atoms. The molecule has 0 saturated carbocycles. The molecule has 168 valence electrons. The number of thiophene rings is 1. The Morgan fingerprint density at radius 3 is 2.52 bits per heavy atom. The van der Waals surface area contributed by atoms with E-state index in [0.29, 0.717) is 12.6 Å². The highest BCUT2D eigenvalue weighted by Crippen LogP contribution is 2.24. The van der Waals surface area contributed by atoms with Gasteiger partial charge in [0, 0.05) is 45.0 Å². The van der Waals surface area contributed by atoms with E-state index in [0.717, 1.165) is 62.9 Å². The second-order valence-corrected chi connectivity index (χ2v) is 9.40. The van der Waals surface area contributed by atoms with Crippen molar-refractivity contribution in [2.45, 2.75) is 58.0 Å². The number of guanidine groups is 1. The van der Waals surface area contributed by atoms with Gasteiger partial charge in [-0.2, -0.15) is 0 Å². The molecule has 0 spiro atoms. The summed E-state index contributed by atoms with van der Waals surface area (Å²) >= 11 is 1.83. The lowest BCUT2D eigenvalue weighted by atomic mass is 10.1. The van der Waals surface area contributed by atoms with Gasteiger partial charge in [-0.1, -0.05) is 18.9 Å². The SMILES string of the molecule is CCNC(=NCc1ccc(N2CCCCCC2)nc1)NC1CCN(c2cccs2)CC1. The highest BCUT2D eigenvalue weighted by atomic mass is 32.1. The molecule has 2 aliphatic rings. The van der Waals surface area contributed by atoms with Gasteiger partial charge in [0.25, 0.3) is 0 Å². The van der Waals surface area contributed by atoms with E-state index >= 15 is 0 Å². The summed E-state index contributed by atoms with van der Waals surface area (Å²) in [5, 5.41) is 10.6. The molecular weight excluding hydrogens is 404 g/mol. The van der Waals surface area contributed by atoms with Crippen LogP contribution in [0.1, 0.15) is 51.0 Å². The molecule has 6 nitrogen and oxygen atoms in total. The Labute approximate surface area is 190 Å². The van der Waals surface area contributed by atoms with Gasteiger partial charge in [-0.25, -0.2) is 9.98 Å². The van der Waals surface area contributed by atoms with Crippen molar-refractivity contribution in [1.82, 2.24) is 15.6 Å². The number of hydrogen-bond donors (Lipinski definition) is 2. The number of aromatic nitrogens is 1. The Kier molecular flexibility index (Phi) is 8.04. The van der Waals surface area contributed by atoms with Crippen molar-refractivity contribution in [3.05, 3.63) is 41.4 Å². The molecule has 2 aliphatic heterocycles. The minimum atomic E-state index is 0.470. The molecule has 0 aliphatic carbocycles. The van der Waals surface area contributed by atoms with Crippen LogP contribution >= 0.6 is 11.3 Å². The van der Waals surface area contributed by atoms with E-state index < -0.39 is 0 Å². The molecule has 4 heterocycles. The monoisotopic (exact) mass is 440 g/mol. The number of piperidine rings is 1. The summed E-state index contributed by atoms with van der Waals surface area (Å²) in [6.07, 6.45) is 9.50. The number of rotatable bonds is 6. The van der Waals surface area contributed by atoms with Crippen molar-refractivity contribution in [1.29, 1.82) is 0 Å². The van der Waals surface area contributed by atoms with Crippen LogP contribution in [-0.4, -0.2) is 49.7 Å². The van der Waals surface area contributed by atoms with Crippen LogP contribution < -0.4 is 20.4 Å². The zero-order valence-electron chi connectivity index (χ0n) is 18.7. The summed E-state index contributed by atoms with van der Waals surface area (Å²) in [4.78, 5) is 14.5. The first-order valence-corrected chi connectivity index (χ1v) is 12.7. The van der Waals surface area contributed by atoms with Crippen molar-refractivity contribution in [3.63, 3.8) is 0 Å². The lowest BCUT2D eigenvalue weighted by Crippen LogP contribution is -2.48. The molecule has 4 rings (SSSR count). The second kappa shape index (κ2) is 11.4. The van der Waals surface area contributed by atoms with Crippen LogP contribution in [0.15, 0.2) is 40.8 Å². The van der Waals surface area contributed by atoms with Crippen LogP contribution in [0.3, 0.4) is 0 Å². The quantitative estimate of drug-likeness (QED) is 0.520. The van der Waals surface area contributed by atoms with Gasteiger partial charge in [-0.05, 0) is 61.7 Å². The normalized spacial score (nSPS) is 18.7. The average molecular weight is 441 g/mol. The van der Waals surface area contributed by atoms with Crippen LogP contribution in [0.25, 0.3) is 0 Å². The summed E-state index contributed by atoms with van der Waals surface area (Å²) in [7, 11) is 0. The first-order chi connectivity index (χ1) is 15.3. The number of nitrogens with zero attached hydrogens (tertiary/aromatic N) is 4. The molecule has 2 aromatic heterocycles. The first kappa shape index (κ1) is 21.9. The van der Waals surface area contributed by atoms with E-state index in [-0.39, 0.29) is 0 Å². The summed E-state index contributed by atoms with van der Waals surface area (Å²) in [6.45, 7) is 8.09. The molecule has 2 aromatic rings. The number of hydrogen-bond acceptors (Lipinski definition) is 5. The average Bonchev–Trinajstić information content (AvgIpc) is 3.21. The second-order valence-electron chi connectivity index (χ2n) is 8.48. The van der Waals surface area contributed by atoms with Crippen molar-refractivity contribution in [2.24, 2.45) is 4.99 Å². The Morgan fingerprint density at radius 2 is 1.87 bits per heavy atom. The molecule has 2 N–H and O–H groups in total. The molecule has 0 radical (unpaired) electrons. The zero-order valence-corrected chi connectivity index (χ0v) is 19.5. The van der Waals surface area contributed by atoms with Crippen LogP contribution in [0.5, 0.6) is 0 Å². The number of aliphatic imine (C=N–C) groups is 1.